The molecular weight excluding hydrogens is 401 g/mol. The molecule has 0 saturated heterocycles. The zero-order valence-corrected chi connectivity index (χ0v) is 15.1. The van der Waals surface area contributed by atoms with Gasteiger partial charge in [-0.25, -0.2) is 0 Å². The van der Waals surface area contributed by atoms with Crippen LogP contribution in [-0.2, 0) is 6.54 Å². The van der Waals surface area contributed by atoms with Gasteiger partial charge in [0.2, 0.25) is 5.78 Å². The molecule has 21 heavy (non-hydrogen) atoms. The number of halogens is 2. The molecule has 0 unspecified atom stereocenters. The zero-order chi connectivity index (χ0) is 15.6. The first kappa shape index (κ1) is 16.5. The lowest BCUT2D eigenvalue weighted by Crippen LogP contribution is -2.22. The number of carbonyl (C=O) groups is 1. The van der Waals surface area contributed by atoms with Gasteiger partial charge in [0.15, 0.2) is 0 Å². The van der Waals surface area contributed by atoms with Gasteiger partial charge in [-0.3, -0.25) is 9.48 Å². The lowest BCUT2D eigenvalue weighted by atomic mass is 10.1. The van der Waals surface area contributed by atoms with Crippen LogP contribution in [-0.4, -0.2) is 41.1 Å². The van der Waals surface area contributed by atoms with Crippen molar-refractivity contribution in [3.05, 3.63) is 49.8 Å². The van der Waals surface area contributed by atoms with Gasteiger partial charge in [-0.2, -0.15) is 5.10 Å². The Bertz CT molecular complexity index is 667. The van der Waals surface area contributed by atoms with E-state index >= 15 is 0 Å². The summed E-state index contributed by atoms with van der Waals surface area (Å²) in [5.41, 5.74) is 2.21. The number of rotatable bonds is 5. The summed E-state index contributed by atoms with van der Waals surface area (Å²) in [6, 6.07) is 5.71. The summed E-state index contributed by atoms with van der Waals surface area (Å²) in [4.78, 5) is 14.8. The molecule has 1 aromatic heterocycles. The van der Waals surface area contributed by atoms with E-state index in [9.17, 15) is 4.79 Å². The molecule has 0 aliphatic rings. The van der Waals surface area contributed by atoms with E-state index in [1.807, 2.05) is 44.1 Å². The number of ketones is 1. The first-order valence-electron chi connectivity index (χ1n) is 6.57. The van der Waals surface area contributed by atoms with Gasteiger partial charge >= 0.3 is 0 Å². The van der Waals surface area contributed by atoms with Gasteiger partial charge in [0, 0.05) is 15.7 Å². The molecule has 0 saturated carbocycles. The molecule has 0 aliphatic heterocycles. The number of aryl methyl sites for hydroxylation is 1. The van der Waals surface area contributed by atoms with Crippen LogP contribution in [0.4, 0.5) is 0 Å². The smallest absolute Gasteiger partial charge is 0.213 e. The van der Waals surface area contributed by atoms with Crippen molar-refractivity contribution < 1.29 is 4.79 Å². The van der Waals surface area contributed by atoms with Crippen LogP contribution in [0.15, 0.2) is 24.4 Å². The van der Waals surface area contributed by atoms with Crippen LogP contribution in [0.2, 0.25) is 5.02 Å². The number of nitrogens with zero attached hydrogens (tertiary/aromatic N) is 3. The summed E-state index contributed by atoms with van der Waals surface area (Å²) in [5, 5.41) is 4.62. The van der Waals surface area contributed by atoms with Crippen LogP contribution in [0, 0.1) is 10.5 Å². The van der Waals surface area contributed by atoms with Crippen molar-refractivity contribution in [3.8, 4) is 0 Å². The van der Waals surface area contributed by atoms with Gasteiger partial charge in [-0.15, -0.1) is 0 Å². The summed E-state index contributed by atoms with van der Waals surface area (Å²) in [7, 11) is 3.96. The molecule has 1 aromatic carbocycles. The van der Waals surface area contributed by atoms with E-state index in [4.69, 9.17) is 11.6 Å². The van der Waals surface area contributed by atoms with E-state index in [-0.39, 0.29) is 5.78 Å². The van der Waals surface area contributed by atoms with E-state index in [2.05, 4.69) is 27.7 Å². The van der Waals surface area contributed by atoms with Gasteiger partial charge in [0.25, 0.3) is 0 Å². The number of hydrogen-bond donors (Lipinski definition) is 0. The van der Waals surface area contributed by atoms with Gasteiger partial charge in [-0.05, 0) is 55.2 Å². The second-order valence-corrected chi connectivity index (χ2v) is 6.62. The number of aromatic nitrogens is 2. The van der Waals surface area contributed by atoms with Gasteiger partial charge in [0.1, 0.15) is 5.69 Å². The second-order valence-electron chi connectivity index (χ2n) is 5.13. The maximum absolute atomic E-state index is 12.8. The van der Waals surface area contributed by atoms with Crippen molar-refractivity contribution in [2.45, 2.75) is 13.5 Å². The fourth-order valence-electron chi connectivity index (χ4n) is 2.00. The van der Waals surface area contributed by atoms with E-state index in [0.717, 1.165) is 15.7 Å². The molecule has 2 rings (SSSR count). The fraction of sp³-hybridized carbons (Fsp3) is 0.333. The largest absolute Gasteiger partial charge is 0.308 e. The number of likely N-dealkylation sites (N-methyl/N-ethyl adjacent to an activating group) is 1. The molecule has 112 valence electrons. The van der Waals surface area contributed by atoms with Crippen molar-refractivity contribution in [1.29, 1.82) is 0 Å². The van der Waals surface area contributed by atoms with E-state index in [1.165, 1.54) is 6.20 Å². The Labute approximate surface area is 143 Å². The quantitative estimate of drug-likeness (QED) is 0.554. The summed E-state index contributed by atoms with van der Waals surface area (Å²) in [5.74, 6) is -0.0793. The van der Waals surface area contributed by atoms with E-state index in [1.54, 1.807) is 4.68 Å². The molecule has 0 aliphatic carbocycles. The maximum Gasteiger partial charge on any atom is 0.213 e. The third-order valence-electron chi connectivity index (χ3n) is 3.21. The van der Waals surface area contributed by atoms with Crippen molar-refractivity contribution in [2.24, 2.45) is 0 Å². The zero-order valence-electron chi connectivity index (χ0n) is 12.2. The molecule has 0 amide bonds. The first-order chi connectivity index (χ1) is 9.91. The Morgan fingerprint density at radius 2 is 2.14 bits per heavy atom. The Hall–Kier alpha value is -0.920. The minimum Gasteiger partial charge on any atom is -0.308 e. The number of carbonyl (C=O) groups excluding carboxylic acids is 1. The molecule has 2 aromatic rings. The van der Waals surface area contributed by atoms with Crippen LogP contribution in [0.5, 0.6) is 0 Å². The molecule has 0 radical (unpaired) electrons. The Morgan fingerprint density at radius 3 is 2.81 bits per heavy atom. The first-order valence-corrected chi connectivity index (χ1v) is 8.03. The minimum absolute atomic E-state index is 0.0793. The summed E-state index contributed by atoms with van der Waals surface area (Å²) in [6.07, 6.45) is 1.53. The topological polar surface area (TPSA) is 38.1 Å². The highest BCUT2D eigenvalue weighted by atomic mass is 127. The molecule has 0 fully saturated rings. The van der Waals surface area contributed by atoms with Crippen molar-refractivity contribution in [3.63, 3.8) is 0 Å². The normalized spacial score (nSPS) is 11.1. The average molecular weight is 418 g/mol. The van der Waals surface area contributed by atoms with Gasteiger partial charge < -0.3 is 4.90 Å². The minimum atomic E-state index is -0.0793. The monoisotopic (exact) mass is 417 g/mol. The predicted octanol–water partition coefficient (Wildman–Crippen LogP) is 3.24. The van der Waals surface area contributed by atoms with Gasteiger partial charge in [0.05, 0.1) is 17.8 Å². The van der Waals surface area contributed by atoms with Crippen molar-refractivity contribution in [1.82, 2.24) is 14.7 Å². The van der Waals surface area contributed by atoms with Gasteiger partial charge in [-0.1, -0.05) is 23.7 Å². The fourth-order valence-corrected chi connectivity index (χ4v) is 2.83. The van der Waals surface area contributed by atoms with Crippen molar-refractivity contribution in [2.75, 3.05) is 20.6 Å². The molecule has 0 spiro atoms. The van der Waals surface area contributed by atoms with Crippen LogP contribution in [0.25, 0.3) is 0 Å². The highest BCUT2D eigenvalue weighted by molar-refractivity contribution is 14.1. The summed E-state index contributed by atoms with van der Waals surface area (Å²) >= 11 is 8.38. The number of hydrogen-bond acceptors (Lipinski definition) is 3. The number of benzene rings is 1. The molecule has 6 heteroatoms. The van der Waals surface area contributed by atoms with E-state index < -0.39 is 0 Å². The molecule has 1 heterocycles. The lowest BCUT2D eigenvalue weighted by molar-refractivity contribution is 0.102. The van der Waals surface area contributed by atoms with Crippen LogP contribution < -0.4 is 0 Å². The summed E-state index contributed by atoms with van der Waals surface area (Å²) < 4.78 is 2.64. The highest BCUT2D eigenvalue weighted by Crippen LogP contribution is 2.24. The Kier molecular flexibility index (Phi) is 5.40. The SMILES string of the molecule is Cc1cccc(C(=O)c2c(Cl)cnn2CCN(C)C)c1I. The Morgan fingerprint density at radius 1 is 1.43 bits per heavy atom. The maximum atomic E-state index is 12.8. The Balaban J connectivity index is 2.39. The standard InChI is InChI=1S/C15H17ClIN3O/c1-10-5-4-6-11(13(10)17)15(21)14-12(16)9-18-20(14)8-7-19(2)3/h4-6,9H,7-8H2,1-3H3. The molecule has 0 atom stereocenters. The molecule has 4 nitrogen and oxygen atoms in total. The highest BCUT2D eigenvalue weighted by Gasteiger charge is 2.21. The predicted molar refractivity (Wildman–Crippen MR) is 93.1 cm³/mol. The van der Waals surface area contributed by atoms with Crippen molar-refractivity contribution >= 4 is 40.0 Å². The third kappa shape index (κ3) is 3.64. The second kappa shape index (κ2) is 6.89. The molecule has 0 N–H and O–H groups in total. The van der Waals surface area contributed by atoms with E-state index in [0.29, 0.717) is 22.8 Å². The average Bonchev–Trinajstić information content (AvgIpc) is 2.80. The third-order valence-corrected chi connectivity index (χ3v) is 4.91. The molecular formula is C15H17ClIN3O. The lowest BCUT2D eigenvalue weighted by Gasteiger charge is -2.12. The van der Waals surface area contributed by atoms with Crippen LogP contribution in [0.3, 0.4) is 0 Å². The molecule has 0 bridgehead atoms. The summed E-state index contributed by atoms with van der Waals surface area (Å²) in [6.45, 7) is 3.41. The van der Waals surface area contributed by atoms with Crippen LogP contribution >= 0.6 is 34.2 Å². The van der Waals surface area contributed by atoms with Crippen LogP contribution in [0.1, 0.15) is 21.6 Å².